The molecule has 1 aromatic carbocycles. The molecule has 10 heteroatoms. The molecule has 0 saturated carbocycles. The van der Waals surface area contributed by atoms with Crippen LogP contribution in [0.5, 0.6) is 0 Å². The number of aliphatic hydroxyl groups is 1. The number of nitrogens with zero attached hydrogens (tertiary/aromatic N) is 2. The van der Waals surface area contributed by atoms with E-state index in [1.807, 2.05) is 0 Å². The number of carbonyl (C=O) groups is 1. The minimum absolute atomic E-state index is 0.0753. The van der Waals surface area contributed by atoms with Crippen molar-refractivity contribution < 1.29 is 22.7 Å². The molecule has 2 heterocycles. The maximum atomic E-state index is 13.5. The Kier molecular flexibility index (Phi) is 5.44. The van der Waals surface area contributed by atoms with E-state index in [0.29, 0.717) is 0 Å². The van der Waals surface area contributed by atoms with Crippen molar-refractivity contribution in [1.82, 2.24) is 9.29 Å². The Labute approximate surface area is 167 Å². The predicted octanol–water partition coefficient (Wildman–Crippen LogP) is 0.875. The number of rotatable bonds is 3. The summed E-state index contributed by atoms with van der Waals surface area (Å²) >= 11 is 0. The molecule has 1 aliphatic heterocycles. The summed E-state index contributed by atoms with van der Waals surface area (Å²) < 4.78 is 42.6. The van der Waals surface area contributed by atoms with Crippen LogP contribution < -0.4 is 10.0 Å². The molecule has 1 aliphatic rings. The molecule has 0 aliphatic carbocycles. The molecule has 29 heavy (non-hydrogen) atoms. The van der Waals surface area contributed by atoms with Gasteiger partial charge in [0.05, 0.1) is 11.6 Å². The van der Waals surface area contributed by atoms with Crippen molar-refractivity contribution in [2.75, 3.05) is 5.32 Å². The van der Waals surface area contributed by atoms with Gasteiger partial charge in [0.15, 0.2) is 0 Å². The maximum absolute atomic E-state index is 13.5. The van der Waals surface area contributed by atoms with Gasteiger partial charge in [0.25, 0.3) is 5.91 Å². The number of amides is 1. The van der Waals surface area contributed by atoms with Crippen LogP contribution in [0.4, 0.5) is 10.1 Å². The summed E-state index contributed by atoms with van der Waals surface area (Å²) in [6.45, 7) is 0. The number of sulfonamides is 1. The number of aryl methyl sites for hydroxylation is 1. The zero-order valence-corrected chi connectivity index (χ0v) is 16.1. The van der Waals surface area contributed by atoms with Crippen LogP contribution in [0.1, 0.15) is 28.0 Å². The fourth-order valence-corrected chi connectivity index (χ4v) is 4.85. The van der Waals surface area contributed by atoms with Crippen molar-refractivity contribution in [2.45, 2.75) is 29.9 Å². The van der Waals surface area contributed by atoms with Crippen molar-refractivity contribution in [1.29, 1.82) is 5.26 Å². The van der Waals surface area contributed by atoms with E-state index in [1.54, 1.807) is 6.07 Å². The average molecular weight is 416 g/mol. The number of nitriles is 1. The number of carbonyl (C=O) groups excluding carboxylic acids is 1. The first-order valence-electron chi connectivity index (χ1n) is 8.53. The second-order valence-corrected chi connectivity index (χ2v) is 8.25. The van der Waals surface area contributed by atoms with E-state index >= 15 is 0 Å². The smallest absolute Gasteiger partial charge is 0.272 e. The molecule has 0 fully saturated rings. The summed E-state index contributed by atoms with van der Waals surface area (Å²) in [5.41, 5.74) is 0.348. The van der Waals surface area contributed by atoms with Crippen molar-refractivity contribution in [3.8, 4) is 18.4 Å². The normalized spacial score (nSPS) is 18.6. The Morgan fingerprint density at radius 2 is 2.24 bits per heavy atom. The Morgan fingerprint density at radius 3 is 2.90 bits per heavy atom. The molecule has 1 unspecified atom stereocenters. The summed E-state index contributed by atoms with van der Waals surface area (Å²) in [6.07, 6.45) is 5.57. The lowest BCUT2D eigenvalue weighted by Crippen LogP contribution is -2.41. The Bertz CT molecular complexity index is 1170. The highest BCUT2D eigenvalue weighted by Gasteiger charge is 2.34. The first-order chi connectivity index (χ1) is 13.7. The molecule has 0 spiro atoms. The highest BCUT2D eigenvalue weighted by atomic mass is 32.2. The second kappa shape index (κ2) is 7.68. The Balaban J connectivity index is 1.97. The van der Waals surface area contributed by atoms with Crippen LogP contribution in [-0.4, -0.2) is 36.1 Å². The van der Waals surface area contributed by atoms with Crippen LogP contribution in [0.25, 0.3) is 0 Å². The van der Waals surface area contributed by atoms with Gasteiger partial charge >= 0.3 is 0 Å². The van der Waals surface area contributed by atoms with Crippen molar-refractivity contribution in [3.05, 3.63) is 47.0 Å². The van der Waals surface area contributed by atoms with E-state index in [-0.39, 0.29) is 40.2 Å². The third-order valence-corrected chi connectivity index (χ3v) is 6.20. The molecule has 2 aromatic rings. The van der Waals surface area contributed by atoms with Crippen LogP contribution in [0, 0.1) is 29.5 Å². The number of benzene rings is 1. The SMILES string of the molecule is C#CC(O)[C@@H]1CCc2c(cn(C)c2C(=O)Nc2ccc(F)c(C#N)c2)S(=O)(=O)N1. The number of aliphatic hydroxyl groups excluding tert-OH is 1. The molecule has 3 N–H and O–H groups in total. The minimum Gasteiger partial charge on any atom is -0.379 e. The minimum atomic E-state index is -4.01. The number of fused-ring (bicyclic) bond motifs is 1. The maximum Gasteiger partial charge on any atom is 0.272 e. The highest BCUT2D eigenvalue weighted by Crippen LogP contribution is 2.28. The lowest BCUT2D eigenvalue weighted by atomic mass is 10.0. The fraction of sp³-hybridized carbons (Fsp3) is 0.263. The predicted molar refractivity (Wildman–Crippen MR) is 102 cm³/mol. The lowest BCUT2D eigenvalue weighted by molar-refractivity contribution is 0.101. The summed E-state index contributed by atoms with van der Waals surface area (Å²) in [5.74, 6) is 0.773. The van der Waals surface area contributed by atoms with Gasteiger partial charge in [-0.05, 0) is 31.0 Å². The van der Waals surface area contributed by atoms with Gasteiger partial charge in [0.2, 0.25) is 10.0 Å². The van der Waals surface area contributed by atoms with Crippen LogP contribution in [0.2, 0.25) is 0 Å². The molecule has 3 rings (SSSR count). The molecule has 8 nitrogen and oxygen atoms in total. The zero-order valence-electron chi connectivity index (χ0n) is 15.3. The number of hydrogen-bond donors (Lipinski definition) is 3. The zero-order chi connectivity index (χ0) is 21.3. The summed E-state index contributed by atoms with van der Waals surface area (Å²) in [5, 5.41) is 21.3. The molecule has 1 amide bonds. The van der Waals surface area contributed by atoms with Crippen molar-refractivity contribution in [3.63, 3.8) is 0 Å². The van der Waals surface area contributed by atoms with E-state index in [4.69, 9.17) is 11.7 Å². The number of terminal acetylenes is 1. The van der Waals surface area contributed by atoms with E-state index < -0.39 is 33.9 Å². The first kappa shape index (κ1) is 20.6. The Hall–Kier alpha value is -3.18. The molecule has 0 radical (unpaired) electrons. The topological polar surface area (TPSA) is 124 Å². The van der Waals surface area contributed by atoms with Crippen molar-refractivity contribution >= 4 is 21.6 Å². The quantitative estimate of drug-likeness (QED) is 0.641. The van der Waals surface area contributed by atoms with Gasteiger partial charge in [0, 0.05) is 24.5 Å². The second-order valence-electron chi connectivity index (χ2n) is 6.57. The van der Waals surface area contributed by atoms with Gasteiger partial charge in [-0.2, -0.15) is 5.26 Å². The summed E-state index contributed by atoms with van der Waals surface area (Å²) in [4.78, 5) is 12.8. The third-order valence-electron chi connectivity index (χ3n) is 4.66. The number of hydrogen-bond acceptors (Lipinski definition) is 5. The van der Waals surface area contributed by atoms with Crippen LogP contribution in [0.3, 0.4) is 0 Å². The third kappa shape index (κ3) is 3.87. The molecule has 0 bridgehead atoms. The van der Waals surface area contributed by atoms with Crippen molar-refractivity contribution in [2.24, 2.45) is 7.05 Å². The highest BCUT2D eigenvalue weighted by molar-refractivity contribution is 7.89. The number of nitrogens with one attached hydrogen (secondary N) is 2. The molecule has 1 aromatic heterocycles. The molecule has 0 saturated heterocycles. The van der Waals surface area contributed by atoms with Gasteiger partial charge in [0.1, 0.15) is 28.6 Å². The van der Waals surface area contributed by atoms with Crippen LogP contribution >= 0.6 is 0 Å². The summed E-state index contributed by atoms with van der Waals surface area (Å²) in [6, 6.07) is 4.35. The van der Waals surface area contributed by atoms with E-state index in [9.17, 15) is 22.7 Å². The fourth-order valence-electron chi connectivity index (χ4n) is 3.26. The first-order valence-corrected chi connectivity index (χ1v) is 10.0. The number of halogens is 1. The monoisotopic (exact) mass is 416 g/mol. The van der Waals surface area contributed by atoms with Gasteiger partial charge in [-0.1, -0.05) is 5.92 Å². The van der Waals surface area contributed by atoms with Gasteiger partial charge in [-0.15, -0.1) is 6.42 Å². The van der Waals surface area contributed by atoms with Gasteiger partial charge in [-0.25, -0.2) is 17.5 Å². The largest absolute Gasteiger partial charge is 0.379 e. The summed E-state index contributed by atoms with van der Waals surface area (Å²) in [7, 11) is -2.48. The molecular weight excluding hydrogens is 399 g/mol. The van der Waals surface area contributed by atoms with E-state index in [1.165, 1.54) is 29.9 Å². The number of anilines is 1. The van der Waals surface area contributed by atoms with Crippen LogP contribution in [0.15, 0.2) is 29.3 Å². The molecule has 2 atom stereocenters. The lowest BCUT2D eigenvalue weighted by Gasteiger charge is -2.17. The van der Waals surface area contributed by atoms with E-state index in [0.717, 1.165) is 6.07 Å². The van der Waals surface area contributed by atoms with Crippen LogP contribution in [-0.2, 0) is 23.5 Å². The average Bonchev–Trinajstić information content (AvgIpc) is 2.96. The number of aromatic nitrogens is 1. The molecular formula is C19H17FN4O4S. The Morgan fingerprint density at radius 1 is 1.52 bits per heavy atom. The van der Waals surface area contributed by atoms with E-state index in [2.05, 4.69) is 16.0 Å². The van der Waals surface area contributed by atoms with Gasteiger partial charge in [-0.3, -0.25) is 4.79 Å². The standard InChI is InChI=1S/C19H17FN4O4S/c1-3-16(25)15-7-5-13-17(29(27,28)23-15)10-24(2)18(13)19(26)22-12-4-6-14(20)11(8-12)9-21/h1,4,6,8,10,15-16,23,25H,5,7H2,2H3,(H,22,26)/t15-,16?/m0/s1. The van der Waals surface area contributed by atoms with Gasteiger partial charge < -0.3 is 15.0 Å². The molecule has 150 valence electrons.